The van der Waals surface area contributed by atoms with Crippen LogP contribution in [0.2, 0.25) is 0 Å². The first kappa shape index (κ1) is 15.7. The van der Waals surface area contributed by atoms with E-state index in [1.54, 1.807) is 24.3 Å². The van der Waals surface area contributed by atoms with E-state index in [0.717, 1.165) is 5.56 Å². The van der Waals surface area contributed by atoms with Crippen molar-refractivity contribution in [3.63, 3.8) is 0 Å². The molecule has 24 heavy (non-hydrogen) atoms. The summed E-state index contributed by atoms with van der Waals surface area (Å²) in [5, 5.41) is 3.62. The van der Waals surface area contributed by atoms with Gasteiger partial charge in [0.25, 0.3) is 11.8 Å². The minimum atomic E-state index is -0.693. The summed E-state index contributed by atoms with van der Waals surface area (Å²) in [6, 6.07) is 15.8. The van der Waals surface area contributed by atoms with E-state index in [1.165, 1.54) is 11.3 Å². The first-order valence-corrected chi connectivity index (χ1v) is 7.89. The van der Waals surface area contributed by atoms with Gasteiger partial charge in [0.1, 0.15) is 10.0 Å². The highest BCUT2D eigenvalue weighted by atomic mass is 32.1. The van der Waals surface area contributed by atoms with Crippen LogP contribution in [-0.2, 0) is 0 Å². The smallest absolute Gasteiger partial charge is 0.270 e. The van der Waals surface area contributed by atoms with Crippen LogP contribution in [0, 0.1) is 0 Å². The number of anilines is 2. The number of carbonyl (C=O) groups is 2. The number of aromatic nitrogens is 1. The molecule has 6 nitrogen and oxygen atoms in total. The number of benzene rings is 2. The van der Waals surface area contributed by atoms with Crippen molar-refractivity contribution < 1.29 is 9.59 Å². The maximum absolute atomic E-state index is 12.3. The zero-order valence-corrected chi connectivity index (χ0v) is 13.3. The lowest BCUT2D eigenvalue weighted by molar-refractivity contribution is 0.0997. The summed E-state index contributed by atoms with van der Waals surface area (Å²) in [6.45, 7) is 0. The van der Waals surface area contributed by atoms with Gasteiger partial charge in [-0.3, -0.25) is 9.59 Å². The van der Waals surface area contributed by atoms with Crippen molar-refractivity contribution in [3.05, 3.63) is 65.9 Å². The van der Waals surface area contributed by atoms with Gasteiger partial charge in [0, 0.05) is 16.8 Å². The number of hydrogen-bond donors (Lipinski definition) is 3. The van der Waals surface area contributed by atoms with E-state index >= 15 is 0 Å². The molecule has 1 aromatic heterocycles. The molecule has 0 aliphatic heterocycles. The number of nitrogen functional groups attached to an aromatic ring is 1. The normalized spacial score (nSPS) is 10.3. The molecular weight excluding hydrogens is 324 g/mol. The second-order valence-corrected chi connectivity index (χ2v) is 6.00. The second kappa shape index (κ2) is 6.51. The Kier molecular flexibility index (Phi) is 4.26. The van der Waals surface area contributed by atoms with Crippen molar-refractivity contribution in [2.45, 2.75) is 0 Å². The van der Waals surface area contributed by atoms with Crippen LogP contribution in [0.15, 0.2) is 54.6 Å². The molecule has 0 radical (unpaired) electrons. The molecule has 0 atom stereocenters. The summed E-state index contributed by atoms with van der Waals surface area (Å²) in [5.74, 6) is -1.05. The summed E-state index contributed by atoms with van der Waals surface area (Å²) < 4.78 is 0. The molecular formula is C17H14N4O2S. The number of amides is 2. The third-order valence-electron chi connectivity index (χ3n) is 3.28. The van der Waals surface area contributed by atoms with E-state index in [0.29, 0.717) is 21.3 Å². The van der Waals surface area contributed by atoms with E-state index in [2.05, 4.69) is 10.3 Å². The third kappa shape index (κ3) is 3.26. The lowest BCUT2D eigenvalue weighted by Crippen LogP contribution is -2.17. The second-order valence-electron chi connectivity index (χ2n) is 5.00. The molecule has 3 aromatic rings. The van der Waals surface area contributed by atoms with E-state index in [9.17, 15) is 9.59 Å². The Morgan fingerprint density at radius 3 is 2.29 bits per heavy atom. The van der Waals surface area contributed by atoms with E-state index in [1.807, 2.05) is 30.3 Å². The van der Waals surface area contributed by atoms with Crippen LogP contribution >= 0.6 is 11.3 Å². The van der Waals surface area contributed by atoms with E-state index < -0.39 is 5.91 Å². The standard InChI is InChI=1S/C17H14N4O2S/c18-12-8-6-10(7-9-12)15(23)21-17-13(14(19)22)20-16(24-17)11-4-2-1-3-5-11/h1-9H,18H2,(H2,19,22)(H,21,23). The first-order valence-electron chi connectivity index (χ1n) is 7.07. The Bertz CT molecular complexity index is 889. The van der Waals surface area contributed by atoms with Crippen LogP contribution in [0.4, 0.5) is 10.7 Å². The SMILES string of the molecule is NC(=O)c1nc(-c2ccccc2)sc1NC(=O)c1ccc(N)cc1. The minimum Gasteiger partial charge on any atom is -0.399 e. The first-order chi connectivity index (χ1) is 11.5. The molecule has 1 heterocycles. The number of hydrogen-bond acceptors (Lipinski definition) is 5. The highest BCUT2D eigenvalue weighted by Gasteiger charge is 2.19. The fourth-order valence-corrected chi connectivity index (χ4v) is 3.06. The van der Waals surface area contributed by atoms with E-state index in [4.69, 9.17) is 11.5 Å². The molecule has 0 saturated heterocycles. The maximum atomic E-state index is 12.3. The average Bonchev–Trinajstić information content (AvgIpc) is 3.00. The molecule has 0 aliphatic rings. The van der Waals surface area contributed by atoms with Crippen LogP contribution in [-0.4, -0.2) is 16.8 Å². The lowest BCUT2D eigenvalue weighted by Gasteiger charge is -2.04. The predicted octanol–water partition coefficient (Wildman–Crippen LogP) is 2.74. The quantitative estimate of drug-likeness (QED) is 0.635. The topological polar surface area (TPSA) is 111 Å². The molecule has 3 rings (SSSR count). The monoisotopic (exact) mass is 338 g/mol. The molecule has 0 fully saturated rings. The van der Waals surface area contributed by atoms with Gasteiger partial charge in [-0.2, -0.15) is 0 Å². The third-order valence-corrected chi connectivity index (χ3v) is 4.30. The number of thiazole rings is 1. The van der Waals surface area contributed by atoms with Crippen LogP contribution in [0.25, 0.3) is 10.6 Å². The summed E-state index contributed by atoms with van der Waals surface area (Å²) >= 11 is 1.20. The number of primary amides is 1. The lowest BCUT2D eigenvalue weighted by atomic mass is 10.2. The van der Waals surface area contributed by atoms with Crippen LogP contribution in [0.5, 0.6) is 0 Å². The fraction of sp³-hybridized carbons (Fsp3) is 0. The highest BCUT2D eigenvalue weighted by molar-refractivity contribution is 7.19. The number of carbonyl (C=O) groups excluding carboxylic acids is 2. The maximum Gasteiger partial charge on any atom is 0.270 e. The number of nitrogens with two attached hydrogens (primary N) is 2. The van der Waals surface area contributed by atoms with Crippen molar-refractivity contribution in [2.24, 2.45) is 5.73 Å². The highest BCUT2D eigenvalue weighted by Crippen LogP contribution is 2.32. The Morgan fingerprint density at radius 1 is 1.00 bits per heavy atom. The van der Waals surface area contributed by atoms with Gasteiger partial charge in [-0.15, -0.1) is 0 Å². The van der Waals surface area contributed by atoms with Crippen molar-refractivity contribution in [1.29, 1.82) is 0 Å². The van der Waals surface area contributed by atoms with Gasteiger partial charge >= 0.3 is 0 Å². The molecule has 0 aliphatic carbocycles. The van der Waals surface area contributed by atoms with Crippen molar-refractivity contribution >= 4 is 33.8 Å². The van der Waals surface area contributed by atoms with Crippen molar-refractivity contribution in [1.82, 2.24) is 4.98 Å². The zero-order chi connectivity index (χ0) is 17.1. The Labute approximate surface area is 142 Å². The molecule has 5 N–H and O–H groups in total. The van der Waals surface area contributed by atoms with Gasteiger partial charge < -0.3 is 16.8 Å². The number of rotatable bonds is 4. The molecule has 0 bridgehead atoms. The molecule has 0 spiro atoms. The van der Waals surface area contributed by atoms with Gasteiger partial charge in [0.2, 0.25) is 0 Å². The molecule has 2 amide bonds. The van der Waals surface area contributed by atoms with Gasteiger partial charge in [-0.1, -0.05) is 41.7 Å². The summed E-state index contributed by atoms with van der Waals surface area (Å²) in [4.78, 5) is 28.2. The van der Waals surface area contributed by atoms with Gasteiger partial charge in [0.05, 0.1) is 0 Å². The van der Waals surface area contributed by atoms with Gasteiger partial charge in [0.15, 0.2) is 5.69 Å². The molecule has 0 unspecified atom stereocenters. The van der Waals surface area contributed by atoms with Gasteiger partial charge in [-0.05, 0) is 24.3 Å². The Balaban J connectivity index is 1.92. The molecule has 2 aromatic carbocycles. The average molecular weight is 338 g/mol. The van der Waals surface area contributed by atoms with Crippen LogP contribution in [0.1, 0.15) is 20.8 Å². The fourth-order valence-electron chi connectivity index (χ4n) is 2.09. The predicted molar refractivity (Wildman–Crippen MR) is 94.9 cm³/mol. The number of nitrogens with one attached hydrogen (secondary N) is 1. The Hall–Kier alpha value is -3.19. The van der Waals surface area contributed by atoms with E-state index in [-0.39, 0.29) is 11.6 Å². The molecule has 7 heteroatoms. The molecule has 0 saturated carbocycles. The van der Waals surface area contributed by atoms with Crippen molar-refractivity contribution in [3.8, 4) is 10.6 Å². The van der Waals surface area contributed by atoms with Crippen molar-refractivity contribution in [2.75, 3.05) is 11.1 Å². The Morgan fingerprint density at radius 2 is 1.67 bits per heavy atom. The number of nitrogens with zero attached hydrogens (tertiary/aromatic N) is 1. The largest absolute Gasteiger partial charge is 0.399 e. The van der Waals surface area contributed by atoms with Gasteiger partial charge in [-0.25, -0.2) is 4.98 Å². The molecule has 120 valence electrons. The van der Waals surface area contributed by atoms with Crippen LogP contribution < -0.4 is 16.8 Å². The summed E-state index contributed by atoms with van der Waals surface area (Å²) in [6.07, 6.45) is 0. The minimum absolute atomic E-state index is 0.0441. The van der Waals surface area contributed by atoms with Crippen LogP contribution in [0.3, 0.4) is 0 Å². The summed E-state index contributed by atoms with van der Waals surface area (Å²) in [5.41, 5.74) is 12.9. The zero-order valence-electron chi connectivity index (χ0n) is 12.5. The summed E-state index contributed by atoms with van der Waals surface area (Å²) in [7, 11) is 0.